The molecule has 0 aliphatic carbocycles. The monoisotopic (exact) mass is 354 g/mol. The molecule has 23 heavy (non-hydrogen) atoms. The van der Waals surface area contributed by atoms with Crippen molar-refractivity contribution in [3.05, 3.63) is 0 Å². The van der Waals surface area contributed by atoms with Gasteiger partial charge in [0.05, 0.1) is 12.3 Å². The number of carbonyl (C=O) groups is 4. The van der Waals surface area contributed by atoms with Crippen molar-refractivity contribution in [3.8, 4) is 0 Å². The number of carboxylic acid groups (broad SMARTS) is 4. The molecule has 134 valence electrons. The van der Waals surface area contributed by atoms with Crippen molar-refractivity contribution >= 4 is 35.6 Å². The second kappa shape index (κ2) is 12.7. The summed E-state index contributed by atoms with van der Waals surface area (Å²) in [5.41, 5.74) is 10.5. The molecular formula is C12H22N2O8S. The summed E-state index contributed by atoms with van der Waals surface area (Å²) in [5, 5.41) is 33.1. The molecular weight excluding hydrogens is 332 g/mol. The fraction of sp³-hybridized carbons (Fsp3) is 0.667. The maximum Gasteiger partial charge on any atom is 0.321 e. The first-order valence-electron chi connectivity index (χ1n) is 6.48. The highest BCUT2D eigenvalue weighted by molar-refractivity contribution is 7.99. The lowest BCUT2D eigenvalue weighted by Crippen LogP contribution is -2.33. The highest BCUT2D eigenvalue weighted by atomic mass is 32.2. The van der Waals surface area contributed by atoms with Crippen LogP contribution in [-0.4, -0.2) is 67.9 Å². The van der Waals surface area contributed by atoms with Gasteiger partial charge >= 0.3 is 23.9 Å². The quantitative estimate of drug-likeness (QED) is 0.266. The molecule has 10 nitrogen and oxygen atoms in total. The topological polar surface area (TPSA) is 201 Å². The van der Waals surface area contributed by atoms with E-state index in [1.54, 1.807) is 0 Å². The van der Waals surface area contributed by atoms with Crippen molar-refractivity contribution in [1.29, 1.82) is 0 Å². The van der Waals surface area contributed by atoms with Crippen molar-refractivity contribution in [2.75, 3.05) is 11.5 Å². The largest absolute Gasteiger partial charge is 0.481 e. The Balaban J connectivity index is 0. The minimum atomic E-state index is -1.08. The molecule has 3 atom stereocenters. The SMILES string of the molecule is CC(CC(=O)O)C(=O)O.NC(CSCC[C@H](N)C(=O)O)C(=O)O. The third-order valence-electron chi connectivity index (χ3n) is 2.41. The number of hydrogen-bond donors (Lipinski definition) is 6. The Morgan fingerprint density at radius 3 is 1.70 bits per heavy atom. The number of nitrogens with two attached hydrogens (primary N) is 2. The molecule has 0 saturated heterocycles. The van der Waals surface area contributed by atoms with Crippen LogP contribution in [0.5, 0.6) is 0 Å². The van der Waals surface area contributed by atoms with Crippen LogP contribution in [0, 0.1) is 5.92 Å². The van der Waals surface area contributed by atoms with Crippen LogP contribution in [0.2, 0.25) is 0 Å². The highest BCUT2D eigenvalue weighted by Gasteiger charge is 2.14. The summed E-state index contributed by atoms with van der Waals surface area (Å²) in [7, 11) is 0. The van der Waals surface area contributed by atoms with E-state index in [-0.39, 0.29) is 12.2 Å². The molecule has 0 amide bonds. The van der Waals surface area contributed by atoms with Gasteiger partial charge in [0.2, 0.25) is 0 Å². The van der Waals surface area contributed by atoms with Gasteiger partial charge in [0.15, 0.2) is 0 Å². The van der Waals surface area contributed by atoms with Crippen LogP contribution < -0.4 is 11.5 Å². The third-order valence-corrected chi connectivity index (χ3v) is 3.53. The van der Waals surface area contributed by atoms with Crippen LogP contribution >= 0.6 is 11.8 Å². The summed E-state index contributed by atoms with van der Waals surface area (Å²) in [6.07, 6.45) is 0.00166. The van der Waals surface area contributed by atoms with Gasteiger partial charge in [-0.05, 0) is 12.2 Å². The number of carboxylic acids is 4. The first kappa shape index (κ1) is 23.4. The van der Waals surface area contributed by atoms with Gasteiger partial charge in [-0.15, -0.1) is 0 Å². The summed E-state index contributed by atoms with van der Waals surface area (Å²) >= 11 is 1.29. The van der Waals surface area contributed by atoms with Gasteiger partial charge in [0.1, 0.15) is 12.1 Å². The Hall–Kier alpha value is -1.85. The van der Waals surface area contributed by atoms with Crippen LogP contribution in [0.3, 0.4) is 0 Å². The van der Waals surface area contributed by atoms with Gasteiger partial charge in [-0.2, -0.15) is 11.8 Å². The van der Waals surface area contributed by atoms with Crippen molar-refractivity contribution < 1.29 is 39.6 Å². The third kappa shape index (κ3) is 14.8. The maximum absolute atomic E-state index is 10.3. The Bertz CT molecular complexity index is 396. The Morgan fingerprint density at radius 2 is 1.39 bits per heavy atom. The van der Waals surface area contributed by atoms with Gasteiger partial charge < -0.3 is 31.9 Å². The predicted molar refractivity (Wildman–Crippen MR) is 82.2 cm³/mol. The van der Waals surface area contributed by atoms with E-state index < -0.39 is 41.9 Å². The molecule has 0 bridgehead atoms. The molecule has 0 aromatic carbocycles. The molecule has 0 fully saturated rings. The number of hydrogen-bond acceptors (Lipinski definition) is 7. The van der Waals surface area contributed by atoms with E-state index in [9.17, 15) is 19.2 Å². The number of aliphatic carboxylic acids is 4. The molecule has 0 radical (unpaired) electrons. The van der Waals surface area contributed by atoms with Crippen molar-refractivity contribution in [1.82, 2.24) is 0 Å². The van der Waals surface area contributed by atoms with E-state index in [1.807, 2.05) is 0 Å². The summed E-state index contributed by atoms with van der Waals surface area (Å²) in [5.74, 6) is -4.28. The van der Waals surface area contributed by atoms with E-state index in [0.717, 1.165) is 0 Å². The molecule has 8 N–H and O–H groups in total. The molecule has 0 rings (SSSR count). The fourth-order valence-electron chi connectivity index (χ4n) is 0.965. The van der Waals surface area contributed by atoms with E-state index >= 15 is 0 Å². The fourth-order valence-corrected chi connectivity index (χ4v) is 1.95. The van der Waals surface area contributed by atoms with Crippen LogP contribution in [-0.2, 0) is 19.2 Å². The lowest BCUT2D eigenvalue weighted by molar-refractivity contribution is -0.147. The number of thioether (sulfide) groups is 1. The lowest BCUT2D eigenvalue weighted by atomic mass is 10.1. The van der Waals surface area contributed by atoms with Crippen LogP contribution in [0.1, 0.15) is 19.8 Å². The normalized spacial score (nSPS) is 13.9. The highest BCUT2D eigenvalue weighted by Crippen LogP contribution is 2.05. The Morgan fingerprint density at radius 1 is 0.913 bits per heavy atom. The minimum Gasteiger partial charge on any atom is -0.481 e. The lowest BCUT2D eigenvalue weighted by Gasteiger charge is -2.07. The van der Waals surface area contributed by atoms with Gasteiger partial charge in [-0.3, -0.25) is 19.2 Å². The maximum atomic E-state index is 10.3. The molecule has 0 saturated carbocycles. The standard InChI is InChI=1S/C7H14N2O4S.C5H8O4/c8-4(6(10)11)1-2-14-3-5(9)7(12)13;1-3(5(8)9)2-4(6)7/h4-5H,1-3,8-9H2,(H,10,11)(H,12,13);3H,2H2,1H3,(H,6,7)(H,8,9)/t4-,5?;/m0./s1. The zero-order valence-corrected chi connectivity index (χ0v) is 13.4. The molecule has 2 unspecified atom stereocenters. The van der Waals surface area contributed by atoms with Crippen LogP contribution in [0.15, 0.2) is 0 Å². The average molecular weight is 354 g/mol. The summed E-state index contributed by atoms with van der Waals surface area (Å²) < 4.78 is 0. The summed E-state index contributed by atoms with van der Waals surface area (Å²) in [4.78, 5) is 40.4. The van der Waals surface area contributed by atoms with E-state index in [1.165, 1.54) is 18.7 Å². The Labute approximate surface area is 136 Å². The summed E-state index contributed by atoms with van der Waals surface area (Å²) in [6, 6.07) is -1.79. The minimum absolute atomic E-state index is 0.266. The second-order valence-corrected chi connectivity index (χ2v) is 5.74. The number of rotatable bonds is 10. The van der Waals surface area contributed by atoms with E-state index in [2.05, 4.69) is 0 Å². The first-order valence-corrected chi connectivity index (χ1v) is 7.63. The summed E-state index contributed by atoms with van der Waals surface area (Å²) in [6.45, 7) is 1.36. The van der Waals surface area contributed by atoms with Crippen LogP contribution in [0.25, 0.3) is 0 Å². The smallest absolute Gasteiger partial charge is 0.321 e. The predicted octanol–water partition coefficient (Wildman–Crippen LogP) is -0.885. The second-order valence-electron chi connectivity index (χ2n) is 4.59. The van der Waals surface area contributed by atoms with Crippen molar-refractivity contribution in [3.63, 3.8) is 0 Å². The zero-order chi connectivity index (χ0) is 18.6. The van der Waals surface area contributed by atoms with Crippen molar-refractivity contribution in [2.45, 2.75) is 31.8 Å². The van der Waals surface area contributed by atoms with Crippen LogP contribution in [0.4, 0.5) is 0 Å². The molecule has 0 aliphatic heterocycles. The molecule has 0 spiro atoms. The average Bonchev–Trinajstić information content (AvgIpc) is 2.42. The Kier molecular flexibility index (Phi) is 12.9. The van der Waals surface area contributed by atoms with Crippen molar-refractivity contribution in [2.24, 2.45) is 17.4 Å². The zero-order valence-electron chi connectivity index (χ0n) is 12.5. The van der Waals surface area contributed by atoms with Gasteiger partial charge in [0.25, 0.3) is 0 Å². The van der Waals surface area contributed by atoms with E-state index in [0.29, 0.717) is 12.2 Å². The van der Waals surface area contributed by atoms with Gasteiger partial charge in [0, 0.05) is 5.75 Å². The molecule has 11 heteroatoms. The molecule has 0 aromatic rings. The molecule has 0 aromatic heterocycles. The van der Waals surface area contributed by atoms with Gasteiger partial charge in [-0.1, -0.05) is 6.92 Å². The first-order chi connectivity index (χ1) is 10.5. The van der Waals surface area contributed by atoms with Gasteiger partial charge in [-0.25, -0.2) is 0 Å². The molecule has 0 heterocycles. The van der Waals surface area contributed by atoms with E-state index in [4.69, 9.17) is 31.9 Å². The molecule has 0 aliphatic rings.